The van der Waals surface area contributed by atoms with Gasteiger partial charge in [-0.3, -0.25) is 28.9 Å². The van der Waals surface area contributed by atoms with Crippen molar-refractivity contribution in [1.29, 1.82) is 0 Å². The minimum absolute atomic E-state index is 0.104. The molecule has 11 heteroatoms. The monoisotopic (exact) mass is 653 g/mol. The number of aromatic amines is 1. The number of carbonyl (C=O) groups is 3. The summed E-state index contributed by atoms with van der Waals surface area (Å²) in [5.74, 6) is -4.01. The molecular formula is C32H40BrN5O5. The van der Waals surface area contributed by atoms with Gasteiger partial charge in [0.1, 0.15) is 12.1 Å². The summed E-state index contributed by atoms with van der Waals surface area (Å²) in [6, 6.07) is 4.76. The zero-order chi connectivity index (χ0) is 30.6. The molecule has 7 rings (SSSR count). The smallest absolute Gasteiger partial charge is 0.281 e. The van der Waals surface area contributed by atoms with Crippen molar-refractivity contribution in [1.82, 2.24) is 25.0 Å². The Hall–Kier alpha value is -2.73. The molecule has 5 heterocycles. The maximum Gasteiger partial charge on any atom is 0.281 e. The molecule has 0 saturated carbocycles. The van der Waals surface area contributed by atoms with Crippen molar-refractivity contribution in [3.63, 3.8) is 0 Å². The third-order valence-electron chi connectivity index (χ3n) is 10.3. The fourth-order valence-corrected chi connectivity index (χ4v) is 8.72. The van der Waals surface area contributed by atoms with E-state index in [1.807, 2.05) is 33.0 Å². The summed E-state index contributed by atoms with van der Waals surface area (Å²) < 4.78 is 7.43. The van der Waals surface area contributed by atoms with E-state index < -0.39 is 41.5 Å². The number of aliphatic hydroxyl groups is 1. The number of halogens is 1. The number of hydrogen-bond donors (Lipinski definition) is 3. The average Bonchev–Trinajstić information content (AvgIpc) is 3.63. The van der Waals surface area contributed by atoms with Gasteiger partial charge in [-0.05, 0) is 77.3 Å². The highest BCUT2D eigenvalue weighted by molar-refractivity contribution is 9.10. The van der Waals surface area contributed by atoms with Gasteiger partial charge in [-0.2, -0.15) is 0 Å². The maximum absolute atomic E-state index is 14.4. The molecular weight excluding hydrogens is 614 g/mol. The first-order chi connectivity index (χ1) is 20.4. The van der Waals surface area contributed by atoms with Crippen LogP contribution in [-0.4, -0.2) is 92.4 Å². The summed E-state index contributed by atoms with van der Waals surface area (Å²) in [6.07, 6.45) is 4.49. The van der Waals surface area contributed by atoms with Crippen molar-refractivity contribution in [2.45, 2.75) is 83.1 Å². The zero-order valence-corrected chi connectivity index (χ0v) is 26.9. The average molecular weight is 655 g/mol. The van der Waals surface area contributed by atoms with Crippen LogP contribution in [0.2, 0.25) is 0 Å². The molecule has 10 nitrogen and oxygen atoms in total. The number of ether oxygens (including phenoxy) is 1. The minimum Gasteiger partial charge on any atom is -0.349 e. The second-order valence-corrected chi connectivity index (χ2v) is 14.5. The van der Waals surface area contributed by atoms with E-state index in [1.54, 1.807) is 18.7 Å². The third-order valence-corrected chi connectivity index (χ3v) is 10.9. The largest absolute Gasteiger partial charge is 0.349 e. The van der Waals surface area contributed by atoms with E-state index >= 15 is 0 Å². The van der Waals surface area contributed by atoms with Crippen LogP contribution in [0.1, 0.15) is 58.1 Å². The molecule has 230 valence electrons. The Morgan fingerprint density at radius 3 is 2.74 bits per heavy atom. The van der Waals surface area contributed by atoms with Gasteiger partial charge in [0.05, 0.1) is 10.5 Å². The fraction of sp³-hybridized carbons (Fsp3) is 0.594. The minimum atomic E-state index is -2.01. The molecule has 2 aromatic rings. The van der Waals surface area contributed by atoms with E-state index in [2.05, 4.69) is 43.3 Å². The van der Waals surface area contributed by atoms with Crippen LogP contribution in [-0.2, 0) is 25.5 Å². The molecule has 3 N–H and O–H groups in total. The predicted molar refractivity (Wildman–Crippen MR) is 164 cm³/mol. The zero-order valence-electron chi connectivity index (χ0n) is 25.3. The molecule has 4 aliphatic heterocycles. The molecule has 1 unspecified atom stereocenters. The summed E-state index contributed by atoms with van der Waals surface area (Å²) in [5, 5.41) is 16.3. The Morgan fingerprint density at radius 1 is 1.26 bits per heavy atom. The molecule has 1 aromatic carbocycles. The Labute approximate surface area is 259 Å². The van der Waals surface area contributed by atoms with E-state index in [0.717, 1.165) is 34.1 Å². The Morgan fingerprint density at radius 2 is 2.02 bits per heavy atom. The molecule has 43 heavy (non-hydrogen) atoms. The number of benzene rings is 1. The fourth-order valence-electron chi connectivity index (χ4n) is 8.15. The number of H-pyrrole nitrogens is 1. The highest BCUT2D eigenvalue weighted by Crippen LogP contribution is 2.49. The van der Waals surface area contributed by atoms with Crippen molar-refractivity contribution < 1.29 is 24.2 Å². The SMILES string of the molecule is CC(C)CC1C(=O)N2CCC[C@H]2[C@]2(O)O[C@](NC(=O)[C@@H]3C=C4c5cccc6[nH]c(Br)c(c56)C[C@H]4N(C)C3)(C(C)C)C(=O)N12. The van der Waals surface area contributed by atoms with Crippen molar-refractivity contribution in [2.24, 2.45) is 17.8 Å². The summed E-state index contributed by atoms with van der Waals surface area (Å²) in [7, 11) is 2.03. The van der Waals surface area contributed by atoms with Gasteiger partial charge < -0.3 is 20.3 Å². The number of fused-ring (bicyclic) bond motifs is 5. The first-order valence-corrected chi connectivity index (χ1v) is 16.3. The molecule has 0 spiro atoms. The lowest BCUT2D eigenvalue weighted by Crippen LogP contribution is -2.71. The maximum atomic E-state index is 14.4. The molecule has 0 bridgehead atoms. The molecule has 6 atom stereocenters. The van der Waals surface area contributed by atoms with Crippen LogP contribution < -0.4 is 5.32 Å². The van der Waals surface area contributed by atoms with Crippen LogP contribution in [0, 0.1) is 17.8 Å². The number of aromatic nitrogens is 1. The van der Waals surface area contributed by atoms with Crippen LogP contribution in [0.25, 0.3) is 16.5 Å². The molecule has 1 aromatic heterocycles. The van der Waals surface area contributed by atoms with Gasteiger partial charge in [0.15, 0.2) is 0 Å². The van der Waals surface area contributed by atoms with E-state index in [0.29, 0.717) is 25.9 Å². The molecule has 1 aliphatic carbocycles. The third kappa shape index (κ3) is 4.04. The van der Waals surface area contributed by atoms with E-state index in [-0.39, 0.29) is 23.8 Å². The number of amides is 3. The Balaban J connectivity index is 1.25. The van der Waals surface area contributed by atoms with Crippen LogP contribution in [0.5, 0.6) is 0 Å². The summed E-state index contributed by atoms with van der Waals surface area (Å²) in [4.78, 5) is 50.8. The van der Waals surface area contributed by atoms with Gasteiger partial charge >= 0.3 is 0 Å². The first-order valence-electron chi connectivity index (χ1n) is 15.5. The second kappa shape index (κ2) is 9.89. The number of likely N-dealkylation sites (N-methyl/N-ethyl adjacent to an activating group) is 1. The van der Waals surface area contributed by atoms with Gasteiger partial charge in [-0.15, -0.1) is 0 Å². The predicted octanol–water partition coefficient (Wildman–Crippen LogP) is 3.19. The molecule has 5 aliphatic rings. The Bertz CT molecular complexity index is 1570. The van der Waals surface area contributed by atoms with Crippen LogP contribution in [0.15, 0.2) is 28.9 Å². The van der Waals surface area contributed by atoms with Crippen molar-refractivity contribution in [3.05, 3.63) is 40.0 Å². The van der Waals surface area contributed by atoms with Crippen LogP contribution >= 0.6 is 15.9 Å². The first kappa shape index (κ1) is 29.0. The summed E-state index contributed by atoms with van der Waals surface area (Å²) in [6.45, 7) is 8.57. The lowest BCUT2D eigenvalue weighted by Gasteiger charge is -2.49. The van der Waals surface area contributed by atoms with E-state index in [4.69, 9.17) is 4.74 Å². The van der Waals surface area contributed by atoms with Gasteiger partial charge in [0.25, 0.3) is 11.8 Å². The normalized spacial score (nSPS) is 33.7. The molecule has 3 saturated heterocycles. The van der Waals surface area contributed by atoms with E-state index in [1.165, 1.54) is 15.8 Å². The number of hydrogen-bond acceptors (Lipinski definition) is 6. The summed E-state index contributed by atoms with van der Waals surface area (Å²) >= 11 is 3.70. The highest BCUT2D eigenvalue weighted by Gasteiger charge is 2.72. The number of nitrogens with zero attached hydrogens (tertiary/aromatic N) is 3. The van der Waals surface area contributed by atoms with Gasteiger partial charge in [-0.25, -0.2) is 0 Å². The number of carbonyl (C=O) groups excluding carboxylic acids is 3. The lowest BCUT2D eigenvalue weighted by atomic mass is 9.79. The quantitative estimate of drug-likeness (QED) is 0.456. The molecule has 3 amide bonds. The van der Waals surface area contributed by atoms with Crippen molar-refractivity contribution in [3.8, 4) is 0 Å². The molecule has 3 fully saturated rings. The standard InChI is InChI=1S/C32H40BrN5O5/c1-16(2)12-24-29(40)37-11-7-10-25(37)32(42)38(24)30(41)31(43-32,17(3)4)35-28(39)18-13-20-19-8-6-9-22-26(19)21(27(33)34-22)14-23(20)36(5)15-18/h6,8-9,13,16-18,23-25,34,42H,7,10-12,14-15H2,1-5H3,(H,35,39)/t18-,23-,24?,25+,31-,32+/m1/s1. The second-order valence-electron chi connectivity index (χ2n) is 13.7. The van der Waals surface area contributed by atoms with Crippen LogP contribution in [0.4, 0.5) is 0 Å². The highest BCUT2D eigenvalue weighted by atomic mass is 79.9. The van der Waals surface area contributed by atoms with Gasteiger partial charge in [0, 0.05) is 36.0 Å². The van der Waals surface area contributed by atoms with Crippen LogP contribution in [0.3, 0.4) is 0 Å². The topological polar surface area (TPSA) is 118 Å². The number of nitrogens with one attached hydrogen (secondary N) is 2. The van der Waals surface area contributed by atoms with E-state index in [9.17, 15) is 19.5 Å². The van der Waals surface area contributed by atoms with Gasteiger partial charge in [0.2, 0.25) is 17.5 Å². The molecule has 0 radical (unpaired) electrons. The Kier molecular flexibility index (Phi) is 6.67. The number of rotatable bonds is 5. The summed E-state index contributed by atoms with van der Waals surface area (Å²) in [5.41, 5.74) is 2.68. The van der Waals surface area contributed by atoms with Gasteiger partial charge in [-0.1, -0.05) is 45.9 Å². The van der Waals surface area contributed by atoms with Crippen molar-refractivity contribution >= 4 is 50.1 Å². The van der Waals surface area contributed by atoms with Crippen molar-refractivity contribution in [2.75, 3.05) is 20.1 Å². The number of piperazine rings is 1. The lowest BCUT2D eigenvalue weighted by molar-refractivity contribution is -0.322.